The summed E-state index contributed by atoms with van der Waals surface area (Å²) in [5.41, 5.74) is 1.77. The lowest BCUT2D eigenvalue weighted by Gasteiger charge is -2.36. The molecule has 0 N–H and O–H groups in total. The molecule has 1 heterocycles. The lowest BCUT2D eigenvalue weighted by Crippen LogP contribution is -2.48. The lowest BCUT2D eigenvalue weighted by molar-refractivity contribution is 0.146. The summed E-state index contributed by atoms with van der Waals surface area (Å²) in [5.74, 6) is 1.46. The van der Waals surface area contributed by atoms with Crippen molar-refractivity contribution in [3.05, 3.63) is 48.0 Å². The largest absolute Gasteiger partial charge is 0.495 e. The molecule has 3 rings (SSSR count). The van der Waals surface area contributed by atoms with Gasteiger partial charge in [0, 0.05) is 33.3 Å². The monoisotopic (exact) mass is 420 g/mol. The maximum absolute atomic E-state index is 13.1. The van der Waals surface area contributed by atoms with Crippen LogP contribution in [0.2, 0.25) is 0 Å². The van der Waals surface area contributed by atoms with Gasteiger partial charge in [-0.2, -0.15) is 4.31 Å². The Labute approximate surface area is 172 Å². The molecule has 0 aromatic heterocycles. The molecule has 0 bridgehead atoms. The van der Waals surface area contributed by atoms with Crippen LogP contribution in [0.25, 0.3) is 0 Å². The SMILES string of the molecule is COCCOc1ccc(S(=O)(=O)N2CCN(c3ccccc3OC)CC2)cc1C. The number of hydrogen-bond acceptors (Lipinski definition) is 6. The van der Waals surface area contributed by atoms with Gasteiger partial charge >= 0.3 is 0 Å². The Kier molecular flexibility index (Phi) is 7.00. The molecule has 2 aromatic carbocycles. The van der Waals surface area contributed by atoms with Crippen LogP contribution in [0, 0.1) is 6.92 Å². The van der Waals surface area contributed by atoms with E-state index >= 15 is 0 Å². The first-order valence-corrected chi connectivity index (χ1v) is 11.0. The number of hydrogen-bond donors (Lipinski definition) is 0. The Hall–Kier alpha value is -2.29. The molecule has 29 heavy (non-hydrogen) atoms. The maximum Gasteiger partial charge on any atom is 0.243 e. The highest BCUT2D eigenvalue weighted by molar-refractivity contribution is 7.89. The van der Waals surface area contributed by atoms with Crippen LogP contribution in [0.4, 0.5) is 5.69 Å². The number of methoxy groups -OCH3 is 2. The maximum atomic E-state index is 13.1. The molecule has 1 fully saturated rings. The van der Waals surface area contributed by atoms with Gasteiger partial charge in [-0.1, -0.05) is 12.1 Å². The molecule has 0 amide bonds. The average molecular weight is 421 g/mol. The van der Waals surface area contributed by atoms with Gasteiger partial charge < -0.3 is 19.1 Å². The topological polar surface area (TPSA) is 68.3 Å². The van der Waals surface area contributed by atoms with Gasteiger partial charge in [-0.15, -0.1) is 0 Å². The molecule has 0 spiro atoms. The van der Waals surface area contributed by atoms with Crippen molar-refractivity contribution >= 4 is 15.7 Å². The molecule has 1 aliphatic rings. The summed E-state index contributed by atoms with van der Waals surface area (Å²) < 4.78 is 43.8. The third-order valence-electron chi connectivity index (χ3n) is 4.99. The van der Waals surface area contributed by atoms with Gasteiger partial charge in [0.15, 0.2) is 0 Å². The van der Waals surface area contributed by atoms with E-state index in [-0.39, 0.29) is 0 Å². The minimum absolute atomic E-state index is 0.292. The number of anilines is 1. The van der Waals surface area contributed by atoms with E-state index in [1.165, 1.54) is 0 Å². The molecule has 158 valence electrons. The Morgan fingerprint density at radius 3 is 2.31 bits per heavy atom. The number of ether oxygens (including phenoxy) is 3. The number of nitrogens with zero attached hydrogens (tertiary/aromatic N) is 2. The average Bonchev–Trinajstić information content (AvgIpc) is 2.75. The van der Waals surface area contributed by atoms with Crippen LogP contribution in [0.5, 0.6) is 11.5 Å². The van der Waals surface area contributed by atoms with Crippen molar-refractivity contribution in [3.63, 3.8) is 0 Å². The first-order valence-electron chi connectivity index (χ1n) is 9.58. The van der Waals surface area contributed by atoms with Crippen LogP contribution in [-0.2, 0) is 14.8 Å². The highest BCUT2D eigenvalue weighted by atomic mass is 32.2. The fourth-order valence-electron chi connectivity index (χ4n) is 3.39. The van der Waals surface area contributed by atoms with E-state index in [4.69, 9.17) is 14.2 Å². The Morgan fingerprint density at radius 1 is 0.931 bits per heavy atom. The van der Waals surface area contributed by atoms with Crippen molar-refractivity contribution in [3.8, 4) is 11.5 Å². The summed E-state index contributed by atoms with van der Waals surface area (Å²) in [6, 6.07) is 12.8. The first-order chi connectivity index (χ1) is 14.0. The molecule has 1 saturated heterocycles. The Bertz CT molecular complexity index is 924. The molecule has 0 unspecified atom stereocenters. The zero-order valence-corrected chi connectivity index (χ0v) is 17.9. The fourth-order valence-corrected chi connectivity index (χ4v) is 4.90. The normalized spacial score (nSPS) is 15.3. The van der Waals surface area contributed by atoms with Gasteiger partial charge in [0.1, 0.15) is 18.1 Å². The third-order valence-corrected chi connectivity index (χ3v) is 6.89. The molecule has 0 atom stereocenters. The molecular formula is C21H28N2O5S. The van der Waals surface area contributed by atoms with Crippen molar-refractivity contribution < 1.29 is 22.6 Å². The standard InChI is InChI=1S/C21H28N2O5S/c1-17-16-18(8-9-20(17)28-15-14-26-2)29(24,25)23-12-10-22(11-13-23)19-6-4-5-7-21(19)27-3/h4-9,16H,10-15H2,1-3H3. The van der Waals surface area contributed by atoms with Gasteiger partial charge in [-0.3, -0.25) is 0 Å². The van der Waals surface area contributed by atoms with Crippen LogP contribution in [0.15, 0.2) is 47.4 Å². The predicted molar refractivity (Wildman–Crippen MR) is 113 cm³/mol. The molecule has 1 aliphatic heterocycles. The quantitative estimate of drug-likeness (QED) is 0.612. The summed E-state index contributed by atoms with van der Waals surface area (Å²) in [6.07, 6.45) is 0. The molecular weight excluding hydrogens is 392 g/mol. The smallest absolute Gasteiger partial charge is 0.243 e. The first kappa shape index (κ1) is 21.4. The highest BCUT2D eigenvalue weighted by Gasteiger charge is 2.29. The number of sulfonamides is 1. The van der Waals surface area contributed by atoms with Crippen LogP contribution < -0.4 is 14.4 Å². The van der Waals surface area contributed by atoms with Crippen LogP contribution >= 0.6 is 0 Å². The van der Waals surface area contributed by atoms with Crippen molar-refractivity contribution in [2.24, 2.45) is 0 Å². The van der Waals surface area contributed by atoms with Crippen LogP contribution in [0.1, 0.15) is 5.56 Å². The molecule has 2 aromatic rings. The number of aryl methyl sites for hydroxylation is 1. The van der Waals surface area contributed by atoms with Crippen LogP contribution in [0.3, 0.4) is 0 Å². The minimum Gasteiger partial charge on any atom is -0.495 e. The second kappa shape index (κ2) is 9.47. The van der Waals surface area contributed by atoms with Crippen molar-refractivity contribution in [1.82, 2.24) is 4.31 Å². The lowest BCUT2D eigenvalue weighted by atomic mass is 10.2. The molecule has 0 radical (unpaired) electrons. The van der Waals surface area contributed by atoms with E-state index in [0.717, 1.165) is 17.0 Å². The van der Waals surface area contributed by atoms with E-state index in [1.54, 1.807) is 36.7 Å². The van der Waals surface area contributed by atoms with E-state index in [0.29, 0.717) is 50.0 Å². The summed E-state index contributed by atoms with van der Waals surface area (Å²) in [6.45, 7) is 4.82. The minimum atomic E-state index is -3.55. The Morgan fingerprint density at radius 2 is 1.66 bits per heavy atom. The number of rotatable bonds is 8. The summed E-state index contributed by atoms with van der Waals surface area (Å²) >= 11 is 0. The molecule has 7 nitrogen and oxygen atoms in total. The molecule has 0 aliphatic carbocycles. The van der Waals surface area contributed by atoms with E-state index in [2.05, 4.69) is 4.90 Å². The van der Waals surface area contributed by atoms with Crippen molar-refractivity contribution in [2.45, 2.75) is 11.8 Å². The van der Waals surface area contributed by atoms with Gasteiger partial charge in [-0.25, -0.2) is 8.42 Å². The number of benzene rings is 2. The highest BCUT2D eigenvalue weighted by Crippen LogP contribution is 2.30. The fraction of sp³-hybridized carbons (Fsp3) is 0.429. The van der Waals surface area contributed by atoms with Gasteiger partial charge in [0.05, 0.1) is 24.3 Å². The number of para-hydroxylation sites is 2. The zero-order chi connectivity index (χ0) is 20.9. The van der Waals surface area contributed by atoms with Crippen molar-refractivity contribution in [1.29, 1.82) is 0 Å². The van der Waals surface area contributed by atoms with E-state index < -0.39 is 10.0 Å². The summed E-state index contributed by atoms with van der Waals surface area (Å²) in [4.78, 5) is 2.45. The molecule has 8 heteroatoms. The molecule has 0 saturated carbocycles. The van der Waals surface area contributed by atoms with Gasteiger partial charge in [0.25, 0.3) is 0 Å². The Balaban J connectivity index is 1.69. The summed E-state index contributed by atoms with van der Waals surface area (Å²) in [5, 5.41) is 0. The van der Waals surface area contributed by atoms with E-state index in [9.17, 15) is 8.42 Å². The second-order valence-corrected chi connectivity index (χ2v) is 8.77. The third kappa shape index (κ3) is 4.83. The van der Waals surface area contributed by atoms with Gasteiger partial charge in [0.2, 0.25) is 10.0 Å². The zero-order valence-electron chi connectivity index (χ0n) is 17.1. The van der Waals surface area contributed by atoms with E-state index in [1.807, 2.05) is 31.2 Å². The summed E-state index contributed by atoms with van der Waals surface area (Å²) in [7, 11) is -0.299. The van der Waals surface area contributed by atoms with Gasteiger partial charge in [-0.05, 0) is 42.8 Å². The number of piperazine rings is 1. The second-order valence-electron chi connectivity index (χ2n) is 6.83. The van der Waals surface area contributed by atoms with Crippen LogP contribution in [-0.4, -0.2) is 66.3 Å². The predicted octanol–water partition coefficient (Wildman–Crippen LogP) is 2.54. The van der Waals surface area contributed by atoms with Crippen molar-refractivity contribution in [2.75, 3.05) is 58.5 Å².